The summed E-state index contributed by atoms with van der Waals surface area (Å²) in [5.41, 5.74) is 1.03. The Hall–Kier alpha value is -2.15. The fraction of sp³-hybridized carbons (Fsp3) is 0.588. The summed E-state index contributed by atoms with van der Waals surface area (Å²) in [5, 5.41) is 2.95. The van der Waals surface area contributed by atoms with Crippen LogP contribution in [0.1, 0.15) is 12.0 Å². The summed E-state index contributed by atoms with van der Waals surface area (Å²) in [6, 6.07) is 3.96. The average molecular weight is 331 g/mol. The highest BCUT2D eigenvalue weighted by molar-refractivity contribution is 5.89. The maximum atomic E-state index is 12.2. The van der Waals surface area contributed by atoms with Gasteiger partial charge >= 0.3 is 0 Å². The number of carbonyl (C=O) groups is 2. The van der Waals surface area contributed by atoms with Gasteiger partial charge in [-0.2, -0.15) is 0 Å². The Morgan fingerprint density at radius 3 is 2.71 bits per heavy atom. The molecule has 2 aliphatic heterocycles. The number of likely N-dealkylation sites (tertiary alicyclic amines) is 1. The summed E-state index contributed by atoms with van der Waals surface area (Å²) >= 11 is 0. The number of rotatable bonds is 4. The van der Waals surface area contributed by atoms with Crippen molar-refractivity contribution in [1.82, 2.24) is 20.1 Å². The second-order valence-electron chi connectivity index (χ2n) is 6.71. The zero-order chi connectivity index (χ0) is 17.1. The van der Waals surface area contributed by atoms with Crippen LogP contribution in [0.3, 0.4) is 0 Å². The Kier molecular flexibility index (Phi) is 4.99. The zero-order valence-electron chi connectivity index (χ0n) is 14.4. The molecule has 1 aromatic heterocycles. The molecule has 7 heteroatoms. The van der Waals surface area contributed by atoms with E-state index in [9.17, 15) is 9.59 Å². The van der Waals surface area contributed by atoms with Crippen LogP contribution in [0.2, 0.25) is 0 Å². The molecule has 0 radical (unpaired) electrons. The average Bonchev–Trinajstić information content (AvgIpc) is 2.93. The summed E-state index contributed by atoms with van der Waals surface area (Å²) in [4.78, 5) is 34.4. The third kappa shape index (κ3) is 3.84. The van der Waals surface area contributed by atoms with Crippen molar-refractivity contribution in [1.29, 1.82) is 0 Å². The molecule has 0 saturated carbocycles. The molecule has 2 fully saturated rings. The summed E-state index contributed by atoms with van der Waals surface area (Å²) in [6.07, 6.45) is 2.10. The number of piperazine rings is 1. The highest BCUT2D eigenvalue weighted by Crippen LogP contribution is 2.17. The van der Waals surface area contributed by atoms with Gasteiger partial charge in [0.1, 0.15) is 5.82 Å². The highest BCUT2D eigenvalue weighted by Gasteiger charge is 2.31. The van der Waals surface area contributed by atoms with Crippen LogP contribution in [0.4, 0.5) is 5.82 Å². The number of amides is 2. The van der Waals surface area contributed by atoms with E-state index in [4.69, 9.17) is 0 Å². The molecule has 0 aromatic carbocycles. The van der Waals surface area contributed by atoms with Crippen LogP contribution < -0.4 is 10.2 Å². The van der Waals surface area contributed by atoms with Gasteiger partial charge in [-0.3, -0.25) is 9.59 Å². The fourth-order valence-corrected chi connectivity index (χ4v) is 3.15. The van der Waals surface area contributed by atoms with E-state index in [1.807, 2.05) is 12.1 Å². The van der Waals surface area contributed by atoms with Crippen molar-refractivity contribution in [2.24, 2.45) is 5.92 Å². The maximum Gasteiger partial charge on any atom is 0.225 e. The number of hydrogen-bond acceptors (Lipinski definition) is 5. The van der Waals surface area contributed by atoms with E-state index in [0.29, 0.717) is 19.5 Å². The topological polar surface area (TPSA) is 68.8 Å². The van der Waals surface area contributed by atoms with Gasteiger partial charge in [0.25, 0.3) is 0 Å². The first-order valence-electron chi connectivity index (χ1n) is 8.43. The zero-order valence-corrected chi connectivity index (χ0v) is 14.4. The molecule has 0 bridgehead atoms. The van der Waals surface area contributed by atoms with Crippen molar-refractivity contribution < 1.29 is 9.59 Å². The van der Waals surface area contributed by atoms with Crippen LogP contribution in [0.15, 0.2) is 18.3 Å². The molecule has 2 amide bonds. The largest absolute Gasteiger partial charge is 0.354 e. The van der Waals surface area contributed by atoms with Gasteiger partial charge in [-0.1, -0.05) is 0 Å². The van der Waals surface area contributed by atoms with Crippen molar-refractivity contribution in [2.45, 2.75) is 13.0 Å². The van der Waals surface area contributed by atoms with E-state index < -0.39 is 0 Å². The Bertz CT molecular complexity index is 613. The van der Waals surface area contributed by atoms with E-state index in [-0.39, 0.29) is 17.7 Å². The van der Waals surface area contributed by atoms with Crippen molar-refractivity contribution >= 4 is 17.6 Å². The van der Waals surface area contributed by atoms with E-state index >= 15 is 0 Å². The van der Waals surface area contributed by atoms with Gasteiger partial charge in [-0.25, -0.2) is 4.98 Å². The molecule has 3 heterocycles. The minimum Gasteiger partial charge on any atom is -0.354 e. The van der Waals surface area contributed by atoms with Gasteiger partial charge in [0.2, 0.25) is 11.8 Å². The molecule has 130 valence electrons. The van der Waals surface area contributed by atoms with E-state index in [1.165, 1.54) is 0 Å². The molecule has 1 N–H and O–H groups in total. The Labute approximate surface area is 142 Å². The first kappa shape index (κ1) is 16.7. The molecule has 2 saturated heterocycles. The minimum atomic E-state index is -0.235. The third-order valence-electron chi connectivity index (χ3n) is 4.82. The Balaban J connectivity index is 1.55. The second kappa shape index (κ2) is 7.17. The van der Waals surface area contributed by atoms with Gasteiger partial charge in [0, 0.05) is 58.9 Å². The van der Waals surface area contributed by atoms with E-state index in [2.05, 4.69) is 27.1 Å². The van der Waals surface area contributed by atoms with E-state index in [0.717, 1.165) is 37.6 Å². The van der Waals surface area contributed by atoms with Crippen LogP contribution in [-0.2, 0) is 16.1 Å². The smallest absolute Gasteiger partial charge is 0.225 e. The number of nitrogens with one attached hydrogen (secondary N) is 1. The molecule has 0 aliphatic carbocycles. The Morgan fingerprint density at radius 2 is 2.04 bits per heavy atom. The molecule has 0 unspecified atom stereocenters. The standard InChI is InChI=1S/C17H25N5O2/c1-20-5-7-22(8-6-20)15-9-13(3-4-18-15)11-19-17(24)14-10-16(23)21(2)12-14/h3-4,9,14H,5-8,10-12H2,1-2H3,(H,19,24)/t14-/m1/s1. The van der Waals surface area contributed by atoms with Crippen LogP contribution in [0.5, 0.6) is 0 Å². The molecular formula is C17H25N5O2. The first-order chi connectivity index (χ1) is 11.5. The summed E-state index contributed by atoms with van der Waals surface area (Å²) < 4.78 is 0. The number of pyridine rings is 1. The molecule has 24 heavy (non-hydrogen) atoms. The van der Waals surface area contributed by atoms with Gasteiger partial charge in [0.05, 0.1) is 5.92 Å². The molecule has 7 nitrogen and oxygen atoms in total. The predicted octanol–water partition coefficient (Wildman–Crippen LogP) is -0.0721. The number of aromatic nitrogens is 1. The SMILES string of the molecule is CN1CCN(c2cc(CNC(=O)[C@@H]3CC(=O)N(C)C3)ccn2)CC1. The second-order valence-corrected chi connectivity index (χ2v) is 6.71. The van der Waals surface area contributed by atoms with Crippen LogP contribution in [0, 0.1) is 5.92 Å². The molecule has 1 aromatic rings. The monoisotopic (exact) mass is 331 g/mol. The molecule has 0 spiro atoms. The lowest BCUT2D eigenvalue weighted by Crippen LogP contribution is -2.44. The Morgan fingerprint density at radius 1 is 1.29 bits per heavy atom. The third-order valence-corrected chi connectivity index (χ3v) is 4.82. The molecular weight excluding hydrogens is 306 g/mol. The van der Waals surface area contributed by atoms with Crippen LogP contribution in [0.25, 0.3) is 0 Å². The lowest BCUT2D eigenvalue weighted by molar-refractivity contribution is -0.128. The molecule has 3 rings (SSSR count). The van der Waals surface area contributed by atoms with Crippen molar-refractivity contribution in [3.05, 3.63) is 23.9 Å². The quantitative estimate of drug-likeness (QED) is 0.836. The predicted molar refractivity (Wildman–Crippen MR) is 91.5 cm³/mol. The van der Waals surface area contributed by atoms with Gasteiger partial charge in [-0.05, 0) is 24.7 Å². The lowest BCUT2D eigenvalue weighted by atomic mass is 10.1. The summed E-state index contributed by atoms with van der Waals surface area (Å²) in [7, 11) is 3.86. The molecule has 1 atom stereocenters. The summed E-state index contributed by atoms with van der Waals surface area (Å²) in [6.45, 7) is 4.98. The van der Waals surface area contributed by atoms with Gasteiger partial charge in [-0.15, -0.1) is 0 Å². The van der Waals surface area contributed by atoms with Gasteiger partial charge in [0.15, 0.2) is 0 Å². The maximum absolute atomic E-state index is 12.2. The summed E-state index contributed by atoms with van der Waals surface area (Å²) in [5.74, 6) is 0.717. The van der Waals surface area contributed by atoms with Crippen molar-refractivity contribution in [2.75, 3.05) is 51.7 Å². The first-order valence-corrected chi connectivity index (χ1v) is 8.43. The van der Waals surface area contributed by atoms with Crippen molar-refractivity contribution in [3.8, 4) is 0 Å². The van der Waals surface area contributed by atoms with Crippen molar-refractivity contribution in [3.63, 3.8) is 0 Å². The van der Waals surface area contributed by atoms with E-state index in [1.54, 1.807) is 18.1 Å². The number of carbonyl (C=O) groups excluding carboxylic acids is 2. The van der Waals surface area contributed by atoms with Crippen LogP contribution in [-0.4, -0.2) is 73.4 Å². The fourth-order valence-electron chi connectivity index (χ4n) is 3.15. The highest BCUT2D eigenvalue weighted by atomic mass is 16.2. The number of anilines is 1. The van der Waals surface area contributed by atoms with Gasteiger partial charge < -0.3 is 20.0 Å². The number of likely N-dealkylation sites (N-methyl/N-ethyl adjacent to an activating group) is 1. The normalized spacial score (nSPS) is 22.1. The number of nitrogens with zero attached hydrogens (tertiary/aromatic N) is 4. The number of hydrogen-bond donors (Lipinski definition) is 1. The lowest BCUT2D eigenvalue weighted by Gasteiger charge is -2.33. The minimum absolute atomic E-state index is 0.0383. The van der Waals surface area contributed by atoms with Crippen LogP contribution >= 0.6 is 0 Å². The molecule has 2 aliphatic rings.